The normalized spacial score (nSPS) is 12.0. The van der Waals surface area contributed by atoms with Gasteiger partial charge in [0.15, 0.2) is 11.5 Å². The molecule has 0 saturated heterocycles. The molecule has 1 atom stereocenters. The monoisotopic (exact) mass is 309 g/mol. The van der Waals surface area contributed by atoms with Crippen molar-refractivity contribution < 1.29 is 13.9 Å². The van der Waals surface area contributed by atoms with E-state index in [1.54, 1.807) is 39.5 Å². The van der Waals surface area contributed by atoms with Gasteiger partial charge in [0, 0.05) is 10.6 Å². The molecule has 2 rings (SSSR count). The van der Waals surface area contributed by atoms with Crippen molar-refractivity contribution in [2.24, 2.45) is 0 Å². The van der Waals surface area contributed by atoms with E-state index in [2.05, 4.69) is 5.32 Å². The smallest absolute Gasteiger partial charge is 0.161 e. The van der Waals surface area contributed by atoms with E-state index in [9.17, 15) is 4.39 Å². The summed E-state index contributed by atoms with van der Waals surface area (Å²) in [5.41, 5.74) is 1.39. The van der Waals surface area contributed by atoms with Gasteiger partial charge in [-0.25, -0.2) is 4.39 Å². The van der Waals surface area contributed by atoms with Crippen LogP contribution in [-0.4, -0.2) is 21.3 Å². The number of nitrogens with one attached hydrogen (secondary N) is 1. The van der Waals surface area contributed by atoms with Crippen LogP contribution in [-0.2, 0) is 0 Å². The molecule has 0 radical (unpaired) electrons. The number of hydrogen-bond acceptors (Lipinski definition) is 3. The van der Waals surface area contributed by atoms with Crippen LogP contribution in [0.15, 0.2) is 36.4 Å². The molecule has 0 heterocycles. The zero-order chi connectivity index (χ0) is 15.4. The summed E-state index contributed by atoms with van der Waals surface area (Å²) < 4.78 is 24.6. The first-order valence-electron chi connectivity index (χ1n) is 6.44. The van der Waals surface area contributed by atoms with E-state index in [1.165, 1.54) is 6.07 Å². The molecule has 0 aliphatic carbocycles. The summed E-state index contributed by atoms with van der Waals surface area (Å²) in [6, 6.07) is 9.85. The van der Waals surface area contributed by atoms with Crippen molar-refractivity contribution in [3.63, 3.8) is 0 Å². The minimum absolute atomic E-state index is 0.304. The number of methoxy groups -OCH3 is 2. The van der Waals surface area contributed by atoms with Crippen molar-refractivity contribution >= 4 is 11.6 Å². The molecule has 1 unspecified atom stereocenters. The van der Waals surface area contributed by atoms with Gasteiger partial charge in [-0.05, 0) is 36.9 Å². The molecule has 5 heteroatoms. The van der Waals surface area contributed by atoms with E-state index in [-0.39, 0.29) is 11.9 Å². The third-order valence-corrected chi connectivity index (χ3v) is 3.54. The highest BCUT2D eigenvalue weighted by molar-refractivity contribution is 6.30. The Morgan fingerprint density at radius 1 is 1.05 bits per heavy atom. The largest absolute Gasteiger partial charge is 0.493 e. The highest BCUT2D eigenvalue weighted by Gasteiger charge is 2.18. The van der Waals surface area contributed by atoms with Crippen LogP contribution in [0.25, 0.3) is 0 Å². The topological polar surface area (TPSA) is 30.5 Å². The van der Waals surface area contributed by atoms with Crippen LogP contribution in [0.2, 0.25) is 5.02 Å². The van der Waals surface area contributed by atoms with Crippen molar-refractivity contribution in [2.45, 2.75) is 6.04 Å². The molecule has 21 heavy (non-hydrogen) atoms. The molecule has 1 N–H and O–H groups in total. The van der Waals surface area contributed by atoms with E-state index in [0.29, 0.717) is 22.1 Å². The van der Waals surface area contributed by atoms with Crippen LogP contribution in [0.4, 0.5) is 4.39 Å². The summed E-state index contributed by atoms with van der Waals surface area (Å²) in [5, 5.41) is 3.48. The quantitative estimate of drug-likeness (QED) is 0.911. The Kier molecular flexibility index (Phi) is 5.04. The fraction of sp³-hybridized carbons (Fsp3) is 0.250. The standard InChI is InChI=1S/C16H17ClFNO2/c1-19-16(12-6-5-11(17)9-13(12)18)10-4-7-14(20-2)15(8-10)21-3/h4-9,16,19H,1-3H3. The molecule has 2 aromatic carbocycles. The first-order valence-corrected chi connectivity index (χ1v) is 6.82. The summed E-state index contributed by atoms with van der Waals surface area (Å²) in [5.74, 6) is 0.883. The van der Waals surface area contributed by atoms with Crippen LogP contribution in [0.1, 0.15) is 17.2 Å². The van der Waals surface area contributed by atoms with Crippen molar-refractivity contribution in [2.75, 3.05) is 21.3 Å². The van der Waals surface area contributed by atoms with Crippen LogP contribution in [0.3, 0.4) is 0 Å². The fourth-order valence-electron chi connectivity index (χ4n) is 2.27. The van der Waals surface area contributed by atoms with Gasteiger partial charge in [-0.1, -0.05) is 23.7 Å². The molecule has 0 fully saturated rings. The average molecular weight is 310 g/mol. The maximum Gasteiger partial charge on any atom is 0.161 e. The van der Waals surface area contributed by atoms with Crippen LogP contribution in [0, 0.1) is 5.82 Å². The molecule has 0 bridgehead atoms. The van der Waals surface area contributed by atoms with Gasteiger partial charge in [0.25, 0.3) is 0 Å². The molecule has 112 valence electrons. The summed E-state index contributed by atoms with van der Waals surface area (Å²) in [4.78, 5) is 0. The van der Waals surface area contributed by atoms with E-state index in [0.717, 1.165) is 5.56 Å². The number of halogens is 2. The lowest BCUT2D eigenvalue weighted by atomic mass is 9.98. The number of ether oxygens (including phenoxy) is 2. The molecule has 0 aromatic heterocycles. The maximum absolute atomic E-state index is 14.1. The van der Waals surface area contributed by atoms with Gasteiger partial charge in [-0.3, -0.25) is 0 Å². The van der Waals surface area contributed by atoms with E-state index in [4.69, 9.17) is 21.1 Å². The third-order valence-electron chi connectivity index (χ3n) is 3.30. The molecule has 0 aliphatic rings. The lowest BCUT2D eigenvalue weighted by Gasteiger charge is -2.19. The second-order valence-corrected chi connectivity index (χ2v) is 4.94. The SMILES string of the molecule is CNC(c1ccc(OC)c(OC)c1)c1ccc(Cl)cc1F. The Labute approximate surface area is 128 Å². The van der Waals surface area contributed by atoms with Gasteiger partial charge in [-0.15, -0.1) is 0 Å². The lowest BCUT2D eigenvalue weighted by molar-refractivity contribution is 0.354. The van der Waals surface area contributed by atoms with Crippen molar-refractivity contribution in [1.29, 1.82) is 0 Å². The minimum Gasteiger partial charge on any atom is -0.493 e. The highest BCUT2D eigenvalue weighted by Crippen LogP contribution is 2.33. The number of rotatable bonds is 5. The summed E-state index contributed by atoms with van der Waals surface area (Å²) in [6.45, 7) is 0. The summed E-state index contributed by atoms with van der Waals surface area (Å²) >= 11 is 5.80. The lowest BCUT2D eigenvalue weighted by Crippen LogP contribution is -2.19. The van der Waals surface area contributed by atoms with Crippen LogP contribution in [0.5, 0.6) is 11.5 Å². The van der Waals surface area contributed by atoms with Gasteiger partial charge in [0.2, 0.25) is 0 Å². The Morgan fingerprint density at radius 2 is 1.76 bits per heavy atom. The molecule has 0 spiro atoms. The fourth-order valence-corrected chi connectivity index (χ4v) is 2.43. The van der Waals surface area contributed by atoms with Crippen LogP contribution >= 0.6 is 11.6 Å². The number of benzene rings is 2. The van der Waals surface area contributed by atoms with Gasteiger partial charge < -0.3 is 14.8 Å². The Balaban J connectivity index is 2.46. The predicted molar refractivity (Wildman–Crippen MR) is 81.9 cm³/mol. The Morgan fingerprint density at radius 3 is 2.33 bits per heavy atom. The molecule has 3 nitrogen and oxygen atoms in total. The van der Waals surface area contributed by atoms with Gasteiger partial charge >= 0.3 is 0 Å². The van der Waals surface area contributed by atoms with Crippen molar-refractivity contribution in [1.82, 2.24) is 5.32 Å². The second-order valence-electron chi connectivity index (χ2n) is 4.50. The molecular formula is C16H17ClFNO2. The second kappa shape index (κ2) is 6.78. The zero-order valence-corrected chi connectivity index (χ0v) is 12.9. The minimum atomic E-state index is -0.350. The van der Waals surface area contributed by atoms with E-state index < -0.39 is 0 Å². The third kappa shape index (κ3) is 3.28. The molecule has 2 aromatic rings. The molecular weight excluding hydrogens is 293 g/mol. The highest BCUT2D eigenvalue weighted by atomic mass is 35.5. The molecule has 0 amide bonds. The molecule has 0 saturated carbocycles. The van der Waals surface area contributed by atoms with Crippen LogP contribution < -0.4 is 14.8 Å². The Bertz CT molecular complexity index is 634. The van der Waals surface area contributed by atoms with E-state index in [1.807, 2.05) is 12.1 Å². The van der Waals surface area contributed by atoms with Gasteiger partial charge in [0.1, 0.15) is 5.82 Å². The van der Waals surface area contributed by atoms with Crippen molar-refractivity contribution in [3.05, 3.63) is 58.4 Å². The average Bonchev–Trinajstić information content (AvgIpc) is 2.49. The van der Waals surface area contributed by atoms with E-state index >= 15 is 0 Å². The summed E-state index contributed by atoms with van der Waals surface area (Å²) in [7, 11) is 4.92. The first-order chi connectivity index (χ1) is 10.1. The predicted octanol–water partition coefficient (Wildman–Crippen LogP) is 3.81. The van der Waals surface area contributed by atoms with Gasteiger partial charge in [-0.2, -0.15) is 0 Å². The zero-order valence-electron chi connectivity index (χ0n) is 12.1. The van der Waals surface area contributed by atoms with Gasteiger partial charge in [0.05, 0.1) is 20.3 Å². The molecule has 0 aliphatic heterocycles. The first kappa shape index (κ1) is 15.6. The maximum atomic E-state index is 14.1. The Hall–Kier alpha value is -1.78. The summed E-state index contributed by atoms with van der Waals surface area (Å²) in [6.07, 6.45) is 0. The number of hydrogen-bond donors (Lipinski definition) is 1. The van der Waals surface area contributed by atoms with Crippen molar-refractivity contribution in [3.8, 4) is 11.5 Å².